The Morgan fingerprint density at radius 1 is 1.04 bits per heavy atom. The maximum absolute atomic E-state index is 12.6. The number of hydrogen-bond donors (Lipinski definition) is 1. The SMILES string of the molecule is COc1ccnc(-c2ccccc2NS(=O)(=O)c2ccc(N=O)cc2)c1. The van der Waals surface area contributed by atoms with Crippen molar-refractivity contribution < 1.29 is 13.2 Å². The second-order valence-electron chi connectivity index (χ2n) is 5.32. The molecule has 0 unspecified atom stereocenters. The van der Waals surface area contributed by atoms with E-state index in [1.165, 1.54) is 24.3 Å². The van der Waals surface area contributed by atoms with Crippen molar-refractivity contribution in [2.75, 3.05) is 11.8 Å². The molecule has 2 aromatic carbocycles. The van der Waals surface area contributed by atoms with Crippen LogP contribution in [0.15, 0.2) is 76.9 Å². The van der Waals surface area contributed by atoms with E-state index in [2.05, 4.69) is 14.9 Å². The summed E-state index contributed by atoms with van der Waals surface area (Å²) in [7, 11) is -2.29. The summed E-state index contributed by atoms with van der Waals surface area (Å²) >= 11 is 0. The highest BCUT2D eigenvalue weighted by Gasteiger charge is 2.17. The van der Waals surface area contributed by atoms with E-state index in [4.69, 9.17) is 4.74 Å². The van der Waals surface area contributed by atoms with Crippen molar-refractivity contribution in [1.82, 2.24) is 4.98 Å². The fourth-order valence-electron chi connectivity index (χ4n) is 2.37. The Balaban J connectivity index is 1.98. The lowest BCUT2D eigenvalue weighted by Crippen LogP contribution is -2.13. The summed E-state index contributed by atoms with van der Waals surface area (Å²) in [5.41, 5.74) is 1.72. The third-order valence-electron chi connectivity index (χ3n) is 3.67. The lowest BCUT2D eigenvalue weighted by molar-refractivity contribution is 0.414. The van der Waals surface area contributed by atoms with Gasteiger partial charge in [-0.25, -0.2) is 8.42 Å². The minimum absolute atomic E-state index is 0.0262. The van der Waals surface area contributed by atoms with Crippen molar-refractivity contribution >= 4 is 21.4 Å². The van der Waals surface area contributed by atoms with Crippen molar-refractivity contribution in [3.8, 4) is 17.0 Å². The van der Waals surface area contributed by atoms with Crippen LogP contribution in [-0.4, -0.2) is 20.5 Å². The molecule has 0 aliphatic heterocycles. The first-order valence-corrected chi connectivity index (χ1v) is 9.07. The van der Waals surface area contributed by atoms with Crippen LogP contribution < -0.4 is 9.46 Å². The Morgan fingerprint density at radius 2 is 1.77 bits per heavy atom. The number of hydrogen-bond acceptors (Lipinski definition) is 6. The largest absolute Gasteiger partial charge is 0.497 e. The minimum atomic E-state index is -3.84. The van der Waals surface area contributed by atoms with E-state index in [0.29, 0.717) is 22.7 Å². The van der Waals surface area contributed by atoms with Crippen LogP contribution in [0.4, 0.5) is 11.4 Å². The molecule has 0 fully saturated rings. The van der Waals surface area contributed by atoms with Crippen LogP contribution in [0.25, 0.3) is 11.3 Å². The van der Waals surface area contributed by atoms with E-state index < -0.39 is 10.0 Å². The molecule has 1 heterocycles. The minimum Gasteiger partial charge on any atom is -0.497 e. The molecule has 0 saturated heterocycles. The van der Waals surface area contributed by atoms with E-state index in [-0.39, 0.29) is 10.6 Å². The van der Waals surface area contributed by atoms with Crippen molar-refractivity contribution in [3.63, 3.8) is 0 Å². The van der Waals surface area contributed by atoms with Gasteiger partial charge >= 0.3 is 0 Å². The van der Waals surface area contributed by atoms with E-state index in [1.54, 1.807) is 49.7 Å². The van der Waals surface area contributed by atoms with Crippen LogP contribution in [0.3, 0.4) is 0 Å². The zero-order valence-electron chi connectivity index (χ0n) is 13.8. The van der Waals surface area contributed by atoms with Gasteiger partial charge in [0.25, 0.3) is 10.0 Å². The molecule has 3 aromatic rings. The molecular formula is C18H15N3O4S. The monoisotopic (exact) mass is 369 g/mol. The summed E-state index contributed by atoms with van der Waals surface area (Å²) in [5.74, 6) is 0.615. The zero-order valence-corrected chi connectivity index (χ0v) is 14.6. The van der Waals surface area contributed by atoms with Crippen LogP contribution >= 0.6 is 0 Å². The van der Waals surface area contributed by atoms with Gasteiger partial charge in [-0.15, -0.1) is 4.91 Å². The van der Waals surface area contributed by atoms with Crippen molar-refractivity contribution in [3.05, 3.63) is 71.8 Å². The third-order valence-corrected chi connectivity index (χ3v) is 5.05. The summed E-state index contributed by atoms with van der Waals surface area (Å²) in [6.07, 6.45) is 1.59. The molecule has 0 atom stereocenters. The molecular weight excluding hydrogens is 354 g/mol. The van der Waals surface area contributed by atoms with Gasteiger partial charge in [-0.05, 0) is 41.6 Å². The number of nitroso groups, excluding NO2 is 1. The third kappa shape index (κ3) is 3.70. The topological polar surface area (TPSA) is 97.7 Å². The number of pyridine rings is 1. The lowest BCUT2D eigenvalue weighted by atomic mass is 10.1. The second kappa shape index (κ2) is 7.32. The summed E-state index contributed by atoms with van der Waals surface area (Å²) in [5, 5.41) is 2.76. The van der Waals surface area contributed by atoms with E-state index in [0.717, 1.165) is 0 Å². The Hall–Kier alpha value is -3.26. The molecule has 0 bridgehead atoms. The van der Waals surface area contributed by atoms with Gasteiger partial charge in [-0.1, -0.05) is 18.2 Å². The number of benzene rings is 2. The second-order valence-corrected chi connectivity index (χ2v) is 7.00. The lowest BCUT2D eigenvalue weighted by Gasteiger charge is -2.13. The van der Waals surface area contributed by atoms with Gasteiger partial charge in [0.2, 0.25) is 0 Å². The number of rotatable bonds is 6. The van der Waals surface area contributed by atoms with Gasteiger partial charge in [0, 0.05) is 17.8 Å². The quantitative estimate of drug-likeness (QED) is 0.663. The number of ether oxygens (including phenoxy) is 1. The fourth-order valence-corrected chi connectivity index (χ4v) is 3.45. The average molecular weight is 369 g/mol. The molecule has 0 saturated carbocycles. The van der Waals surface area contributed by atoms with Crippen LogP contribution in [0.2, 0.25) is 0 Å². The normalized spacial score (nSPS) is 11.0. The van der Waals surface area contributed by atoms with Gasteiger partial charge in [0.05, 0.1) is 23.4 Å². The number of anilines is 1. The highest BCUT2D eigenvalue weighted by atomic mass is 32.2. The molecule has 0 aliphatic carbocycles. The van der Waals surface area contributed by atoms with E-state index in [1.807, 2.05) is 0 Å². The molecule has 0 radical (unpaired) electrons. The molecule has 7 nitrogen and oxygen atoms in total. The first-order valence-electron chi connectivity index (χ1n) is 7.59. The fraction of sp³-hybridized carbons (Fsp3) is 0.0556. The molecule has 26 heavy (non-hydrogen) atoms. The average Bonchev–Trinajstić information content (AvgIpc) is 2.68. The van der Waals surface area contributed by atoms with Crippen molar-refractivity contribution in [2.45, 2.75) is 4.90 Å². The Kier molecular flexibility index (Phi) is 4.94. The molecule has 8 heteroatoms. The molecule has 0 amide bonds. The van der Waals surface area contributed by atoms with E-state index in [9.17, 15) is 13.3 Å². The van der Waals surface area contributed by atoms with Gasteiger partial charge in [-0.2, -0.15) is 0 Å². The number of nitrogens with one attached hydrogen (secondary N) is 1. The first kappa shape index (κ1) is 17.6. The van der Waals surface area contributed by atoms with Crippen molar-refractivity contribution in [1.29, 1.82) is 0 Å². The molecule has 132 valence electrons. The van der Waals surface area contributed by atoms with Gasteiger partial charge < -0.3 is 4.74 Å². The number of para-hydroxylation sites is 1. The van der Waals surface area contributed by atoms with E-state index >= 15 is 0 Å². The Labute approximate surface area is 150 Å². The van der Waals surface area contributed by atoms with Crippen LogP contribution in [-0.2, 0) is 10.0 Å². The highest BCUT2D eigenvalue weighted by molar-refractivity contribution is 7.92. The zero-order chi connectivity index (χ0) is 18.6. The number of nitrogens with zero attached hydrogens (tertiary/aromatic N) is 2. The first-order chi connectivity index (χ1) is 12.5. The van der Waals surface area contributed by atoms with Crippen molar-refractivity contribution in [2.24, 2.45) is 5.18 Å². The Bertz CT molecular complexity index is 1030. The van der Waals surface area contributed by atoms with Crippen LogP contribution in [0.5, 0.6) is 5.75 Å². The van der Waals surface area contributed by atoms with Gasteiger partial charge in [0.1, 0.15) is 11.4 Å². The van der Waals surface area contributed by atoms with Crippen LogP contribution in [0.1, 0.15) is 0 Å². The standard InChI is InChI=1S/C18H15N3O4S/c1-25-14-10-11-19-18(12-14)16-4-2-3-5-17(16)21-26(23,24)15-8-6-13(20-22)7-9-15/h2-12,21H,1H3. The molecule has 1 N–H and O–H groups in total. The number of methoxy groups -OCH3 is 1. The van der Waals surface area contributed by atoms with Crippen LogP contribution in [0, 0.1) is 4.91 Å². The summed E-state index contributed by atoms with van der Waals surface area (Å²) in [6, 6.07) is 15.7. The van der Waals surface area contributed by atoms with Gasteiger partial charge in [-0.3, -0.25) is 9.71 Å². The molecule has 3 rings (SSSR count). The summed E-state index contributed by atoms with van der Waals surface area (Å²) in [6.45, 7) is 0. The predicted octanol–water partition coefficient (Wildman–Crippen LogP) is 3.96. The summed E-state index contributed by atoms with van der Waals surface area (Å²) in [4.78, 5) is 14.8. The number of sulfonamides is 1. The number of aromatic nitrogens is 1. The van der Waals surface area contributed by atoms with Gasteiger partial charge in [0.15, 0.2) is 0 Å². The Morgan fingerprint density at radius 3 is 2.46 bits per heavy atom. The highest BCUT2D eigenvalue weighted by Crippen LogP contribution is 2.30. The maximum Gasteiger partial charge on any atom is 0.261 e. The predicted molar refractivity (Wildman–Crippen MR) is 98.9 cm³/mol. The maximum atomic E-state index is 12.6. The molecule has 0 aliphatic rings. The summed E-state index contributed by atoms with van der Waals surface area (Å²) < 4.78 is 33.0. The smallest absolute Gasteiger partial charge is 0.261 e. The molecule has 1 aromatic heterocycles. The molecule has 0 spiro atoms.